The average molecular weight is 413 g/mol. The van der Waals surface area contributed by atoms with Gasteiger partial charge in [-0.2, -0.15) is 0 Å². The Hall–Kier alpha value is -3.25. The summed E-state index contributed by atoms with van der Waals surface area (Å²) in [5.41, 5.74) is 4.22. The molecule has 0 amide bonds. The first-order chi connectivity index (χ1) is 15.2. The highest BCUT2D eigenvalue weighted by molar-refractivity contribution is 5.92. The van der Waals surface area contributed by atoms with Crippen molar-refractivity contribution in [1.82, 2.24) is 24.8 Å². The van der Waals surface area contributed by atoms with Crippen LogP contribution in [0.1, 0.15) is 18.9 Å². The molecule has 1 fully saturated rings. The molecule has 1 aliphatic heterocycles. The Morgan fingerprint density at radius 1 is 1.10 bits per heavy atom. The first kappa shape index (κ1) is 19.7. The molecular formula is C25H28N6. The van der Waals surface area contributed by atoms with Crippen molar-refractivity contribution >= 4 is 16.9 Å². The molecule has 0 radical (unpaired) electrons. The number of pyridine rings is 1. The van der Waals surface area contributed by atoms with Gasteiger partial charge in [0.15, 0.2) is 0 Å². The maximum atomic E-state index is 4.62. The molecule has 6 heteroatoms. The molecule has 158 valence electrons. The summed E-state index contributed by atoms with van der Waals surface area (Å²) in [4.78, 5) is 21.7. The molecule has 0 aliphatic carbocycles. The van der Waals surface area contributed by atoms with Gasteiger partial charge >= 0.3 is 0 Å². The molecule has 0 spiro atoms. The molecule has 6 nitrogen and oxygen atoms in total. The van der Waals surface area contributed by atoms with Crippen LogP contribution in [0.25, 0.3) is 22.3 Å². The average Bonchev–Trinajstić information content (AvgIpc) is 3.25. The van der Waals surface area contributed by atoms with Gasteiger partial charge in [-0.05, 0) is 36.6 Å². The van der Waals surface area contributed by atoms with Crippen LogP contribution in [-0.2, 0) is 6.54 Å². The van der Waals surface area contributed by atoms with Gasteiger partial charge in [0.05, 0.1) is 5.69 Å². The van der Waals surface area contributed by atoms with Crippen LogP contribution in [0.3, 0.4) is 0 Å². The number of H-pyrrole nitrogens is 1. The molecule has 4 aromatic rings. The van der Waals surface area contributed by atoms with Crippen molar-refractivity contribution in [2.45, 2.75) is 25.9 Å². The zero-order valence-electron chi connectivity index (χ0n) is 18.1. The Kier molecular flexibility index (Phi) is 5.38. The first-order valence-corrected chi connectivity index (χ1v) is 10.9. The van der Waals surface area contributed by atoms with Crippen LogP contribution in [0.5, 0.6) is 0 Å². The van der Waals surface area contributed by atoms with Crippen molar-refractivity contribution in [3.63, 3.8) is 0 Å². The van der Waals surface area contributed by atoms with E-state index in [4.69, 9.17) is 0 Å². The van der Waals surface area contributed by atoms with Gasteiger partial charge in [0.25, 0.3) is 0 Å². The Balaban J connectivity index is 1.37. The number of fused-ring (bicyclic) bond motifs is 1. The molecule has 1 aliphatic rings. The minimum atomic E-state index is 0.407. The molecule has 1 unspecified atom stereocenters. The predicted octanol–water partition coefficient (Wildman–Crippen LogP) is 4.37. The molecule has 4 heterocycles. The number of nitrogens with zero attached hydrogens (tertiary/aromatic N) is 5. The van der Waals surface area contributed by atoms with E-state index in [1.54, 1.807) is 12.5 Å². The van der Waals surface area contributed by atoms with E-state index in [9.17, 15) is 0 Å². The summed E-state index contributed by atoms with van der Waals surface area (Å²) in [5.74, 6) is 1.56. The number of hydrogen-bond donors (Lipinski definition) is 1. The van der Waals surface area contributed by atoms with Crippen molar-refractivity contribution in [2.75, 3.05) is 25.0 Å². The number of piperidine rings is 1. The summed E-state index contributed by atoms with van der Waals surface area (Å²) >= 11 is 0. The largest absolute Gasteiger partial charge is 0.355 e. The lowest BCUT2D eigenvalue weighted by Crippen LogP contribution is -2.50. The molecule has 2 atom stereocenters. The van der Waals surface area contributed by atoms with Crippen LogP contribution in [0.2, 0.25) is 0 Å². The van der Waals surface area contributed by atoms with Crippen LogP contribution < -0.4 is 4.90 Å². The fraction of sp³-hybridized carbons (Fsp3) is 0.320. The summed E-state index contributed by atoms with van der Waals surface area (Å²) in [5, 5.41) is 1.08. The summed E-state index contributed by atoms with van der Waals surface area (Å²) in [6.07, 6.45) is 6.64. The quantitative estimate of drug-likeness (QED) is 0.528. The molecule has 31 heavy (non-hydrogen) atoms. The number of nitrogens with one attached hydrogen (secondary N) is 1. The monoisotopic (exact) mass is 412 g/mol. The van der Waals surface area contributed by atoms with Crippen molar-refractivity contribution in [2.24, 2.45) is 5.92 Å². The van der Waals surface area contributed by atoms with Crippen molar-refractivity contribution in [3.05, 3.63) is 72.8 Å². The standard InChI is InChI=1S/C25H28N6/c1-18-10-12-31(15-19-7-4-3-5-8-19)16-23(18)30(2)24-13-22(28-17-29-24)21-14-27-25-20(21)9-6-11-26-25/h3-9,11,13-14,17-18,23H,10,12,15-16H2,1-2H3,(H,26,27)/t18-,23?/m1/s1. The number of rotatable bonds is 5. The number of likely N-dealkylation sites (tertiary alicyclic amines) is 1. The van der Waals surface area contributed by atoms with Gasteiger partial charge in [-0.3, -0.25) is 4.90 Å². The second-order valence-corrected chi connectivity index (χ2v) is 8.53. The van der Waals surface area contributed by atoms with E-state index in [1.807, 2.05) is 12.3 Å². The number of aromatic nitrogens is 4. The Morgan fingerprint density at radius 3 is 2.84 bits per heavy atom. The lowest BCUT2D eigenvalue weighted by atomic mass is 9.92. The van der Waals surface area contributed by atoms with E-state index in [2.05, 4.69) is 86.2 Å². The Labute approximate surface area is 183 Å². The number of anilines is 1. The van der Waals surface area contributed by atoms with Gasteiger partial charge in [-0.25, -0.2) is 15.0 Å². The second kappa shape index (κ2) is 8.47. The molecule has 3 aromatic heterocycles. The van der Waals surface area contributed by atoms with Crippen LogP contribution in [0.4, 0.5) is 5.82 Å². The lowest BCUT2D eigenvalue weighted by Gasteiger charge is -2.42. The van der Waals surface area contributed by atoms with E-state index < -0.39 is 0 Å². The summed E-state index contributed by atoms with van der Waals surface area (Å²) in [7, 11) is 2.16. The van der Waals surface area contributed by atoms with Gasteiger partial charge in [0.2, 0.25) is 0 Å². The smallest absolute Gasteiger partial charge is 0.137 e. The summed E-state index contributed by atoms with van der Waals surface area (Å²) in [6, 6.07) is 17.3. The Bertz CT molecular complexity index is 1150. The topological polar surface area (TPSA) is 60.9 Å². The highest BCUT2D eigenvalue weighted by Crippen LogP contribution is 2.30. The zero-order valence-corrected chi connectivity index (χ0v) is 18.1. The van der Waals surface area contributed by atoms with Gasteiger partial charge in [-0.1, -0.05) is 37.3 Å². The second-order valence-electron chi connectivity index (χ2n) is 8.53. The molecule has 1 N–H and O–H groups in total. The molecule has 1 aromatic carbocycles. The molecular weight excluding hydrogens is 384 g/mol. The minimum Gasteiger partial charge on any atom is -0.355 e. The lowest BCUT2D eigenvalue weighted by molar-refractivity contribution is 0.159. The molecule has 0 bridgehead atoms. The van der Waals surface area contributed by atoms with Crippen LogP contribution in [0.15, 0.2) is 67.3 Å². The van der Waals surface area contributed by atoms with E-state index in [1.165, 1.54) is 12.0 Å². The van der Waals surface area contributed by atoms with Gasteiger partial charge in [-0.15, -0.1) is 0 Å². The van der Waals surface area contributed by atoms with Crippen LogP contribution in [0, 0.1) is 5.92 Å². The highest BCUT2D eigenvalue weighted by atomic mass is 15.3. The van der Waals surface area contributed by atoms with Gasteiger partial charge in [0.1, 0.15) is 17.8 Å². The first-order valence-electron chi connectivity index (χ1n) is 10.9. The third-order valence-electron chi connectivity index (χ3n) is 6.49. The summed E-state index contributed by atoms with van der Waals surface area (Å²) < 4.78 is 0. The third-order valence-corrected chi connectivity index (χ3v) is 6.49. The van der Waals surface area contributed by atoms with E-state index >= 15 is 0 Å². The van der Waals surface area contributed by atoms with E-state index in [0.717, 1.165) is 47.7 Å². The van der Waals surface area contributed by atoms with Crippen molar-refractivity contribution < 1.29 is 0 Å². The maximum absolute atomic E-state index is 4.62. The molecule has 5 rings (SSSR count). The Morgan fingerprint density at radius 2 is 1.97 bits per heavy atom. The van der Waals surface area contributed by atoms with Gasteiger partial charge < -0.3 is 9.88 Å². The fourth-order valence-electron chi connectivity index (χ4n) is 4.63. The number of hydrogen-bond acceptors (Lipinski definition) is 5. The number of benzene rings is 1. The van der Waals surface area contributed by atoms with Crippen molar-refractivity contribution in [1.29, 1.82) is 0 Å². The van der Waals surface area contributed by atoms with Gasteiger partial charge in [0, 0.05) is 55.6 Å². The highest BCUT2D eigenvalue weighted by Gasteiger charge is 2.30. The molecule has 1 saturated heterocycles. The summed E-state index contributed by atoms with van der Waals surface area (Å²) in [6.45, 7) is 5.52. The van der Waals surface area contributed by atoms with Crippen LogP contribution in [-0.4, -0.2) is 51.0 Å². The number of aromatic amines is 1. The minimum absolute atomic E-state index is 0.407. The van der Waals surface area contributed by atoms with E-state index in [-0.39, 0.29) is 0 Å². The third kappa shape index (κ3) is 4.03. The SMILES string of the molecule is C[C@@H]1CCN(Cc2ccccc2)CC1N(C)c1cc(-c2c[nH]c3ncccc23)ncn1. The zero-order chi connectivity index (χ0) is 21.2. The number of likely N-dealkylation sites (N-methyl/N-ethyl adjacent to an activating group) is 1. The fourth-order valence-corrected chi connectivity index (χ4v) is 4.63. The van der Waals surface area contributed by atoms with Crippen LogP contribution >= 0.6 is 0 Å². The van der Waals surface area contributed by atoms with E-state index in [0.29, 0.717) is 12.0 Å². The molecule has 0 saturated carbocycles. The van der Waals surface area contributed by atoms with Crippen molar-refractivity contribution in [3.8, 4) is 11.3 Å². The normalized spacial score (nSPS) is 19.5. The maximum Gasteiger partial charge on any atom is 0.137 e. The predicted molar refractivity (Wildman–Crippen MR) is 125 cm³/mol.